The highest BCUT2D eigenvalue weighted by Gasteiger charge is 2.16. The second kappa shape index (κ2) is 8.95. The summed E-state index contributed by atoms with van der Waals surface area (Å²) in [5, 5.41) is 7.63. The minimum Gasteiger partial charge on any atom is -0.346 e. The predicted octanol–water partition coefficient (Wildman–Crippen LogP) is 3.74. The normalized spacial score (nSPS) is 11.7. The zero-order valence-corrected chi connectivity index (χ0v) is 18.0. The maximum Gasteiger partial charge on any atom is 0.251 e. The lowest BCUT2D eigenvalue weighted by atomic mass is 10.2. The van der Waals surface area contributed by atoms with Crippen LogP contribution in [-0.4, -0.2) is 19.3 Å². The van der Waals surface area contributed by atoms with Gasteiger partial charge in [-0.15, -0.1) is 22.7 Å². The maximum atomic E-state index is 12.5. The molecule has 3 aromatic rings. The Labute approximate surface area is 172 Å². The number of carbonyl (C=O) groups is 1. The number of amides is 1. The van der Waals surface area contributed by atoms with Gasteiger partial charge in [-0.25, -0.2) is 18.1 Å². The zero-order valence-electron chi connectivity index (χ0n) is 15.5. The van der Waals surface area contributed by atoms with E-state index in [-0.39, 0.29) is 17.3 Å². The van der Waals surface area contributed by atoms with E-state index >= 15 is 0 Å². The molecule has 1 amide bonds. The van der Waals surface area contributed by atoms with Crippen LogP contribution in [0.1, 0.15) is 45.7 Å². The van der Waals surface area contributed by atoms with Crippen molar-refractivity contribution in [3.8, 4) is 0 Å². The molecule has 0 aliphatic carbocycles. The van der Waals surface area contributed by atoms with Gasteiger partial charge in [0, 0.05) is 28.3 Å². The summed E-state index contributed by atoms with van der Waals surface area (Å²) in [7, 11) is -3.70. The molecule has 9 heteroatoms. The van der Waals surface area contributed by atoms with Crippen molar-refractivity contribution in [2.24, 2.45) is 0 Å². The van der Waals surface area contributed by atoms with Crippen LogP contribution in [0.15, 0.2) is 52.1 Å². The molecule has 0 bridgehead atoms. The van der Waals surface area contributed by atoms with Crippen molar-refractivity contribution in [1.29, 1.82) is 0 Å². The molecular formula is C19H21N3O3S3. The summed E-state index contributed by atoms with van der Waals surface area (Å²) >= 11 is 3.04. The third kappa shape index (κ3) is 5.26. The van der Waals surface area contributed by atoms with Gasteiger partial charge in [0.05, 0.1) is 22.1 Å². The van der Waals surface area contributed by atoms with E-state index in [1.54, 1.807) is 23.5 Å². The molecule has 1 aromatic carbocycles. The highest BCUT2D eigenvalue weighted by molar-refractivity contribution is 7.89. The van der Waals surface area contributed by atoms with Crippen molar-refractivity contribution < 1.29 is 13.2 Å². The Hall–Kier alpha value is -2.07. The van der Waals surface area contributed by atoms with Gasteiger partial charge in [-0.05, 0) is 29.6 Å². The van der Waals surface area contributed by atoms with Gasteiger partial charge in [-0.2, -0.15) is 0 Å². The van der Waals surface area contributed by atoms with Crippen LogP contribution in [0.4, 0.5) is 0 Å². The Kier molecular flexibility index (Phi) is 6.61. The van der Waals surface area contributed by atoms with Crippen molar-refractivity contribution >= 4 is 38.6 Å². The fourth-order valence-corrected chi connectivity index (χ4v) is 5.03. The van der Waals surface area contributed by atoms with Crippen molar-refractivity contribution in [1.82, 2.24) is 15.0 Å². The summed E-state index contributed by atoms with van der Waals surface area (Å²) < 4.78 is 27.6. The van der Waals surface area contributed by atoms with Crippen LogP contribution < -0.4 is 10.0 Å². The van der Waals surface area contributed by atoms with Gasteiger partial charge in [0.2, 0.25) is 10.0 Å². The summed E-state index contributed by atoms with van der Waals surface area (Å²) in [4.78, 5) is 17.9. The molecule has 148 valence electrons. The zero-order chi connectivity index (χ0) is 20.1. The third-order valence-electron chi connectivity index (χ3n) is 3.92. The Morgan fingerprint density at radius 1 is 1.14 bits per heavy atom. The van der Waals surface area contributed by atoms with Gasteiger partial charge in [0.15, 0.2) is 0 Å². The molecule has 2 heterocycles. The molecule has 2 N–H and O–H groups in total. The van der Waals surface area contributed by atoms with E-state index < -0.39 is 10.0 Å². The molecule has 0 saturated heterocycles. The number of thiazole rings is 1. The first-order valence-corrected chi connectivity index (χ1v) is 11.9. The van der Waals surface area contributed by atoms with Gasteiger partial charge in [0.25, 0.3) is 5.91 Å². The second-order valence-electron chi connectivity index (χ2n) is 6.45. The molecule has 3 rings (SSSR count). The lowest BCUT2D eigenvalue weighted by Crippen LogP contribution is -2.25. The number of nitrogens with one attached hydrogen (secondary N) is 2. The first-order valence-electron chi connectivity index (χ1n) is 8.70. The summed E-state index contributed by atoms with van der Waals surface area (Å²) in [6.07, 6.45) is 0. The van der Waals surface area contributed by atoms with Gasteiger partial charge in [-0.1, -0.05) is 26.0 Å². The molecule has 6 nitrogen and oxygen atoms in total. The SMILES string of the molecule is CC(C)c1nc(CNC(=O)c2cccc(S(=O)(=O)NCc3cccs3)c2)cs1. The maximum absolute atomic E-state index is 12.5. The van der Waals surface area contributed by atoms with Crippen LogP contribution in [-0.2, 0) is 23.1 Å². The average Bonchev–Trinajstić information content (AvgIpc) is 3.36. The Morgan fingerprint density at radius 2 is 1.96 bits per heavy atom. The predicted molar refractivity (Wildman–Crippen MR) is 112 cm³/mol. The number of nitrogens with zero attached hydrogens (tertiary/aromatic N) is 1. The molecule has 28 heavy (non-hydrogen) atoms. The monoisotopic (exact) mass is 435 g/mol. The Balaban J connectivity index is 1.65. The van der Waals surface area contributed by atoms with Gasteiger partial charge >= 0.3 is 0 Å². The highest BCUT2D eigenvalue weighted by atomic mass is 32.2. The summed E-state index contributed by atoms with van der Waals surface area (Å²) in [6.45, 7) is 4.66. The van der Waals surface area contributed by atoms with Gasteiger partial charge in [0.1, 0.15) is 0 Å². The standard InChI is InChI=1S/C19H21N3O3S3/c1-13(2)19-22-15(12-27-19)10-20-18(23)14-5-3-7-17(9-14)28(24,25)21-11-16-6-4-8-26-16/h3-9,12-13,21H,10-11H2,1-2H3,(H,20,23). The molecule has 2 aromatic heterocycles. The summed E-state index contributed by atoms with van der Waals surface area (Å²) in [6, 6.07) is 9.74. The molecule has 0 aliphatic heterocycles. The minimum absolute atomic E-state index is 0.0625. The number of benzene rings is 1. The molecule has 0 fully saturated rings. The molecular weight excluding hydrogens is 414 g/mol. The van der Waals surface area contributed by atoms with Crippen LogP contribution >= 0.6 is 22.7 Å². The topological polar surface area (TPSA) is 88.2 Å². The average molecular weight is 436 g/mol. The smallest absolute Gasteiger partial charge is 0.251 e. The molecule has 0 unspecified atom stereocenters. The Morgan fingerprint density at radius 3 is 2.64 bits per heavy atom. The highest BCUT2D eigenvalue weighted by Crippen LogP contribution is 2.19. The number of hydrogen-bond donors (Lipinski definition) is 2. The van der Waals surface area contributed by atoms with Crippen LogP contribution in [0.2, 0.25) is 0 Å². The van der Waals surface area contributed by atoms with E-state index in [0.29, 0.717) is 18.0 Å². The van der Waals surface area contributed by atoms with Crippen molar-refractivity contribution in [3.05, 3.63) is 68.3 Å². The van der Waals surface area contributed by atoms with Gasteiger partial charge in [-0.3, -0.25) is 4.79 Å². The first-order chi connectivity index (χ1) is 13.3. The second-order valence-corrected chi connectivity index (χ2v) is 10.1. The van der Waals surface area contributed by atoms with Crippen molar-refractivity contribution in [3.63, 3.8) is 0 Å². The number of thiophene rings is 1. The lowest BCUT2D eigenvalue weighted by molar-refractivity contribution is 0.0950. The van der Waals surface area contributed by atoms with Gasteiger partial charge < -0.3 is 5.32 Å². The number of rotatable bonds is 8. The fourth-order valence-electron chi connectivity index (χ4n) is 2.41. The summed E-state index contributed by atoms with van der Waals surface area (Å²) in [5.74, 6) is 0.00687. The van der Waals surface area contributed by atoms with E-state index in [0.717, 1.165) is 15.6 Å². The van der Waals surface area contributed by atoms with Crippen molar-refractivity contribution in [2.45, 2.75) is 37.8 Å². The molecule has 0 spiro atoms. The van der Waals surface area contributed by atoms with Crippen LogP contribution in [0.25, 0.3) is 0 Å². The van der Waals surface area contributed by atoms with E-state index in [9.17, 15) is 13.2 Å². The molecule has 0 saturated carbocycles. The number of hydrogen-bond acceptors (Lipinski definition) is 6. The van der Waals surface area contributed by atoms with Crippen LogP contribution in [0.5, 0.6) is 0 Å². The van der Waals surface area contributed by atoms with E-state index in [1.165, 1.54) is 23.5 Å². The van der Waals surface area contributed by atoms with Crippen LogP contribution in [0, 0.1) is 0 Å². The lowest BCUT2D eigenvalue weighted by Gasteiger charge is -2.08. The first kappa shape index (κ1) is 20.7. The Bertz CT molecular complexity index is 1040. The van der Waals surface area contributed by atoms with Crippen LogP contribution in [0.3, 0.4) is 0 Å². The molecule has 0 radical (unpaired) electrons. The molecule has 0 atom stereocenters. The quantitative estimate of drug-likeness (QED) is 0.564. The van der Waals surface area contributed by atoms with E-state index in [1.807, 2.05) is 22.9 Å². The number of aromatic nitrogens is 1. The van der Waals surface area contributed by atoms with E-state index in [2.05, 4.69) is 28.9 Å². The third-order valence-corrected chi connectivity index (χ3v) is 7.39. The largest absolute Gasteiger partial charge is 0.346 e. The van der Waals surface area contributed by atoms with E-state index in [4.69, 9.17) is 0 Å². The fraction of sp³-hybridized carbons (Fsp3) is 0.263. The number of carbonyl (C=O) groups excluding carboxylic acids is 1. The van der Waals surface area contributed by atoms with Crippen molar-refractivity contribution in [2.75, 3.05) is 0 Å². The summed E-state index contributed by atoms with van der Waals surface area (Å²) in [5.41, 5.74) is 1.08. The minimum atomic E-state index is -3.70. The molecule has 0 aliphatic rings. The number of sulfonamides is 1.